The van der Waals surface area contributed by atoms with E-state index in [1.807, 2.05) is 17.9 Å². The lowest BCUT2D eigenvalue weighted by Crippen LogP contribution is -2.44. The molecule has 23 heavy (non-hydrogen) atoms. The van der Waals surface area contributed by atoms with Crippen molar-refractivity contribution in [3.63, 3.8) is 0 Å². The Morgan fingerprint density at radius 2 is 2.26 bits per heavy atom. The van der Waals surface area contributed by atoms with Crippen LogP contribution in [0, 0.1) is 19.8 Å². The van der Waals surface area contributed by atoms with E-state index in [4.69, 9.17) is 13.7 Å². The molecule has 0 N–H and O–H groups in total. The van der Waals surface area contributed by atoms with Crippen LogP contribution in [-0.4, -0.2) is 40.1 Å². The number of carbonyl (C=O) groups excluding carboxylic acids is 1. The van der Waals surface area contributed by atoms with Gasteiger partial charge in [-0.15, -0.1) is 0 Å². The first-order chi connectivity index (χ1) is 11.1. The van der Waals surface area contributed by atoms with Crippen LogP contribution in [0.25, 0.3) is 0 Å². The summed E-state index contributed by atoms with van der Waals surface area (Å²) in [5, 5.41) is 3.96. The molecular formula is C16H19N3O4. The molecule has 0 radical (unpaired) electrons. The molecular weight excluding hydrogens is 298 g/mol. The van der Waals surface area contributed by atoms with Gasteiger partial charge in [0, 0.05) is 31.5 Å². The highest BCUT2D eigenvalue weighted by atomic mass is 16.5. The molecule has 7 nitrogen and oxygen atoms in total. The van der Waals surface area contributed by atoms with E-state index in [-0.39, 0.29) is 18.1 Å². The van der Waals surface area contributed by atoms with Crippen molar-refractivity contribution >= 4 is 5.91 Å². The SMILES string of the molecule is Cc1nc([C@@H]2C[C@@H]3CN(C(=O)c4occc4C)CC[C@@H]3O2)no1. The van der Waals surface area contributed by atoms with Crippen molar-refractivity contribution in [1.82, 2.24) is 15.0 Å². The molecule has 122 valence electrons. The summed E-state index contributed by atoms with van der Waals surface area (Å²) in [6.45, 7) is 5.01. The molecule has 3 atom stereocenters. The third-order valence-corrected chi connectivity index (χ3v) is 4.69. The molecule has 2 aliphatic rings. The summed E-state index contributed by atoms with van der Waals surface area (Å²) in [6.07, 6.45) is 3.21. The second-order valence-corrected chi connectivity index (χ2v) is 6.30. The smallest absolute Gasteiger partial charge is 0.289 e. The zero-order chi connectivity index (χ0) is 16.0. The highest BCUT2D eigenvalue weighted by Gasteiger charge is 2.42. The van der Waals surface area contributed by atoms with Gasteiger partial charge in [-0.2, -0.15) is 4.98 Å². The second-order valence-electron chi connectivity index (χ2n) is 6.30. The van der Waals surface area contributed by atoms with Gasteiger partial charge in [-0.3, -0.25) is 4.79 Å². The number of aryl methyl sites for hydroxylation is 2. The van der Waals surface area contributed by atoms with E-state index in [0.29, 0.717) is 36.5 Å². The molecule has 0 spiro atoms. The second kappa shape index (κ2) is 5.49. The molecule has 7 heteroatoms. The molecule has 2 aromatic rings. The van der Waals surface area contributed by atoms with Crippen LogP contribution in [0.15, 0.2) is 21.3 Å². The van der Waals surface area contributed by atoms with Crippen LogP contribution >= 0.6 is 0 Å². The number of hydrogen-bond acceptors (Lipinski definition) is 6. The highest BCUT2D eigenvalue weighted by Crippen LogP contribution is 2.40. The fourth-order valence-electron chi connectivity index (χ4n) is 3.49. The Morgan fingerprint density at radius 1 is 1.39 bits per heavy atom. The molecule has 1 amide bonds. The van der Waals surface area contributed by atoms with Gasteiger partial charge in [-0.1, -0.05) is 5.16 Å². The Labute approximate surface area is 133 Å². The van der Waals surface area contributed by atoms with Crippen molar-refractivity contribution in [2.75, 3.05) is 13.1 Å². The minimum absolute atomic E-state index is 0.0372. The predicted molar refractivity (Wildman–Crippen MR) is 78.7 cm³/mol. The van der Waals surface area contributed by atoms with Crippen LogP contribution in [-0.2, 0) is 4.74 Å². The summed E-state index contributed by atoms with van der Waals surface area (Å²) in [7, 11) is 0. The normalized spacial score (nSPS) is 27.2. The fraction of sp³-hybridized carbons (Fsp3) is 0.562. The van der Waals surface area contributed by atoms with Gasteiger partial charge in [0.15, 0.2) is 5.76 Å². The number of rotatable bonds is 2. The fourth-order valence-corrected chi connectivity index (χ4v) is 3.49. The molecule has 0 bridgehead atoms. The average Bonchev–Trinajstić information content (AvgIpc) is 3.24. The average molecular weight is 317 g/mol. The summed E-state index contributed by atoms with van der Waals surface area (Å²) in [4.78, 5) is 18.7. The summed E-state index contributed by atoms with van der Waals surface area (Å²) in [6, 6.07) is 1.81. The van der Waals surface area contributed by atoms with Crippen LogP contribution < -0.4 is 0 Å². The molecule has 2 aromatic heterocycles. The summed E-state index contributed by atoms with van der Waals surface area (Å²) < 4.78 is 16.4. The zero-order valence-electron chi connectivity index (χ0n) is 13.2. The van der Waals surface area contributed by atoms with E-state index >= 15 is 0 Å². The molecule has 2 aliphatic heterocycles. The molecule has 4 heterocycles. The number of carbonyl (C=O) groups is 1. The van der Waals surface area contributed by atoms with Crippen molar-refractivity contribution in [3.8, 4) is 0 Å². The van der Waals surface area contributed by atoms with Crippen molar-refractivity contribution in [2.24, 2.45) is 5.92 Å². The Bertz CT molecular complexity index is 722. The van der Waals surface area contributed by atoms with Crippen LogP contribution in [0.2, 0.25) is 0 Å². The number of hydrogen-bond donors (Lipinski definition) is 0. The number of furan rings is 1. The topological polar surface area (TPSA) is 81.6 Å². The maximum absolute atomic E-state index is 12.6. The lowest BCUT2D eigenvalue weighted by Gasteiger charge is -2.33. The monoisotopic (exact) mass is 317 g/mol. The minimum Gasteiger partial charge on any atom is -0.459 e. The standard InChI is InChI=1S/C16H19N3O4/c1-9-4-6-21-14(9)16(20)19-5-3-12-11(8-19)7-13(22-12)15-17-10(2)23-18-15/h4,6,11-13H,3,5,7-8H2,1-2H3/t11-,12+,13+/m1/s1. The van der Waals surface area contributed by atoms with E-state index in [1.165, 1.54) is 0 Å². The lowest BCUT2D eigenvalue weighted by atomic mass is 9.92. The van der Waals surface area contributed by atoms with E-state index in [0.717, 1.165) is 18.4 Å². The maximum Gasteiger partial charge on any atom is 0.289 e. The number of nitrogens with zero attached hydrogens (tertiary/aromatic N) is 3. The molecule has 0 saturated carbocycles. The molecule has 0 unspecified atom stereocenters. The van der Waals surface area contributed by atoms with Crippen molar-refractivity contribution in [2.45, 2.75) is 38.9 Å². The molecule has 2 saturated heterocycles. The van der Waals surface area contributed by atoms with Crippen molar-refractivity contribution in [1.29, 1.82) is 0 Å². The third-order valence-electron chi connectivity index (χ3n) is 4.69. The summed E-state index contributed by atoms with van der Waals surface area (Å²) in [5.41, 5.74) is 0.875. The van der Waals surface area contributed by atoms with E-state index in [9.17, 15) is 4.79 Å². The van der Waals surface area contributed by atoms with Gasteiger partial charge in [-0.25, -0.2) is 0 Å². The number of amides is 1. The first-order valence-electron chi connectivity index (χ1n) is 7.91. The van der Waals surface area contributed by atoms with Gasteiger partial charge in [0.05, 0.1) is 12.4 Å². The Kier molecular flexibility index (Phi) is 3.45. The lowest BCUT2D eigenvalue weighted by molar-refractivity contribution is -0.00159. The number of fused-ring (bicyclic) bond motifs is 1. The Hall–Kier alpha value is -2.15. The van der Waals surface area contributed by atoms with Crippen molar-refractivity contribution < 1.29 is 18.5 Å². The molecule has 4 rings (SSSR count). The summed E-state index contributed by atoms with van der Waals surface area (Å²) in [5.74, 6) is 1.85. The van der Waals surface area contributed by atoms with Gasteiger partial charge in [0.1, 0.15) is 6.10 Å². The van der Waals surface area contributed by atoms with Gasteiger partial charge in [0.2, 0.25) is 11.7 Å². The van der Waals surface area contributed by atoms with Crippen LogP contribution in [0.3, 0.4) is 0 Å². The van der Waals surface area contributed by atoms with Gasteiger partial charge >= 0.3 is 0 Å². The summed E-state index contributed by atoms with van der Waals surface area (Å²) >= 11 is 0. The minimum atomic E-state index is -0.136. The molecule has 0 aromatic carbocycles. The predicted octanol–water partition coefficient (Wildman–Crippen LogP) is 2.27. The number of piperidine rings is 1. The zero-order valence-corrected chi connectivity index (χ0v) is 13.2. The van der Waals surface area contributed by atoms with E-state index in [2.05, 4.69) is 10.1 Å². The van der Waals surface area contributed by atoms with Gasteiger partial charge in [-0.05, 0) is 25.8 Å². The number of ether oxygens (including phenoxy) is 1. The molecule has 0 aliphatic carbocycles. The van der Waals surface area contributed by atoms with Crippen LogP contribution in [0.4, 0.5) is 0 Å². The van der Waals surface area contributed by atoms with E-state index in [1.54, 1.807) is 13.2 Å². The number of likely N-dealkylation sites (tertiary alicyclic amines) is 1. The number of aromatic nitrogens is 2. The Balaban J connectivity index is 1.45. The highest BCUT2D eigenvalue weighted by molar-refractivity contribution is 5.92. The van der Waals surface area contributed by atoms with Crippen LogP contribution in [0.5, 0.6) is 0 Å². The largest absolute Gasteiger partial charge is 0.459 e. The molecule has 2 fully saturated rings. The van der Waals surface area contributed by atoms with Gasteiger partial charge < -0.3 is 18.6 Å². The quantitative estimate of drug-likeness (QED) is 0.845. The maximum atomic E-state index is 12.6. The van der Waals surface area contributed by atoms with Crippen LogP contribution in [0.1, 0.15) is 46.8 Å². The first kappa shape index (κ1) is 14.4. The van der Waals surface area contributed by atoms with E-state index < -0.39 is 0 Å². The third kappa shape index (κ3) is 2.55. The van der Waals surface area contributed by atoms with Gasteiger partial charge in [0.25, 0.3) is 5.91 Å². The van der Waals surface area contributed by atoms with Crippen molar-refractivity contribution in [3.05, 3.63) is 35.4 Å². The Morgan fingerprint density at radius 3 is 2.96 bits per heavy atom. The first-order valence-corrected chi connectivity index (χ1v) is 7.91.